The third-order valence-electron chi connectivity index (χ3n) is 2.41. The van der Waals surface area contributed by atoms with Crippen LogP contribution in [0.15, 0.2) is 0 Å². The summed E-state index contributed by atoms with van der Waals surface area (Å²) in [6, 6.07) is 2.05. The zero-order chi connectivity index (χ0) is 12.8. The van der Waals surface area contributed by atoms with Gasteiger partial charge >= 0.3 is 0 Å². The molecule has 0 N–H and O–H groups in total. The second-order valence-electron chi connectivity index (χ2n) is 3.57. The molecule has 6 heteroatoms. The second kappa shape index (κ2) is 6.84. The molecule has 0 heterocycles. The average Bonchev–Trinajstić information content (AvgIpc) is 2.26. The number of nitrogens with zero attached hydrogens (tertiary/aromatic N) is 3. The Labute approximate surface area is 98.8 Å². The van der Waals surface area contributed by atoms with E-state index in [0.717, 1.165) is 0 Å². The molecule has 1 atom stereocenters. The van der Waals surface area contributed by atoms with Crippen LogP contribution in [-0.4, -0.2) is 43.2 Å². The van der Waals surface area contributed by atoms with Crippen LogP contribution in [0, 0.1) is 17.2 Å². The number of hydrogen-bond donors (Lipinski definition) is 0. The van der Waals surface area contributed by atoms with Crippen LogP contribution in [0.25, 0.3) is 0 Å². The second-order valence-corrected chi connectivity index (χ2v) is 5.50. The first-order chi connectivity index (χ1) is 7.43. The zero-order valence-corrected chi connectivity index (χ0v) is 11.3. The fourth-order valence-electron chi connectivity index (χ4n) is 1.45. The van der Waals surface area contributed by atoms with Crippen LogP contribution in [0.3, 0.4) is 0 Å². The maximum Gasteiger partial charge on any atom is 0.281 e. The molecule has 0 rings (SSSR count). The van der Waals surface area contributed by atoms with Crippen molar-refractivity contribution in [2.75, 3.05) is 26.2 Å². The molecular weight excluding hydrogens is 226 g/mol. The number of nitriles is 1. The summed E-state index contributed by atoms with van der Waals surface area (Å²) in [5, 5.41) is 8.71. The van der Waals surface area contributed by atoms with Crippen LogP contribution >= 0.6 is 0 Å². The van der Waals surface area contributed by atoms with Gasteiger partial charge in [-0.05, 0) is 6.92 Å². The van der Waals surface area contributed by atoms with E-state index in [0.29, 0.717) is 19.6 Å². The van der Waals surface area contributed by atoms with Gasteiger partial charge in [-0.25, -0.2) is 0 Å². The first kappa shape index (κ1) is 15.4. The van der Waals surface area contributed by atoms with Crippen molar-refractivity contribution in [2.24, 2.45) is 5.92 Å². The summed E-state index contributed by atoms with van der Waals surface area (Å²) < 4.78 is 27.0. The topological polar surface area (TPSA) is 64.4 Å². The molecular formula is C10H21N3O2S. The maximum atomic E-state index is 12.1. The minimum atomic E-state index is -3.40. The van der Waals surface area contributed by atoms with E-state index in [1.165, 1.54) is 8.61 Å². The van der Waals surface area contributed by atoms with Gasteiger partial charge in [0.15, 0.2) is 0 Å². The Kier molecular flexibility index (Phi) is 6.56. The first-order valence-electron chi connectivity index (χ1n) is 5.58. The van der Waals surface area contributed by atoms with Crippen LogP contribution in [0.2, 0.25) is 0 Å². The standard InChI is InChI=1S/C10H21N3O2S/c1-5-12(6-2)16(14,15)13(7-3)9-10(4)8-11/h10H,5-7,9H2,1-4H3/t10-/m1/s1. The molecule has 0 amide bonds. The van der Waals surface area contributed by atoms with Crippen molar-refractivity contribution in [1.29, 1.82) is 5.26 Å². The Morgan fingerprint density at radius 1 is 1.12 bits per heavy atom. The van der Waals surface area contributed by atoms with Crippen molar-refractivity contribution in [2.45, 2.75) is 27.7 Å². The van der Waals surface area contributed by atoms with Crippen LogP contribution in [-0.2, 0) is 10.2 Å². The van der Waals surface area contributed by atoms with Gasteiger partial charge in [-0.1, -0.05) is 20.8 Å². The fourth-order valence-corrected chi connectivity index (χ4v) is 3.16. The van der Waals surface area contributed by atoms with E-state index in [9.17, 15) is 8.42 Å². The fraction of sp³-hybridized carbons (Fsp3) is 0.900. The lowest BCUT2D eigenvalue weighted by Gasteiger charge is -2.28. The first-order valence-corrected chi connectivity index (χ1v) is 6.98. The largest absolute Gasteiger partial charge is 0.281 e. The smallest absolute Gasteiger partial charge is 0.198 e. The van der Waals surface area contributed by atoms with Gasteiger partial charge in [-0.15, -0.1) is 0 Å². The summed E-state index contributed by atoms with van der Waals surface area (Å²) in [6.07, 6.45) is 0. The number of hydrogen-bond acceptors (Lipinski definition) is 3. The molecule has 0 unspecified atom stereocenters. The van der Waals surface area contributed by atoms with E-state index in [-0.39, 0.29) is 12.5 Å². The Morgan fingerprint density at radius 3 is 1.88 bits per heavy atom. The van der Waals surface area contributed by atoms with E-state index in [2.05, 4.69) is 6.07 Å². The molecule has 16 heavy (non-hydrogen) atoms. The zero-order valence-electron chi connectivity index (χ0n) is 10.5. The highest BCUT2D eigenvalue weighted by Gasteiger charge is 2.27. The Balaban J connectivity index is 4.88. The molecule has 0 aliphatic rings. The summed E-state index contributed by atoms with van der Waals surface area (Å²) in [4.78, 5) is 0. The van der Waals surface area contributed by atoms with Gasteiger partial charge in [0, 0.05) is 26.2 Å². The molecule has 0 aliphatic carbocycles. The molecule has 0 radical (unpaired) electrons. The highest BCUT2D eigenvalue weighted by molar-refractivity contribution is 7.86. The van der Waals surface area contributed by atoms with Crippen molar-refractivity contribution in [1.82, 2.24) is 8.61 Å². The minimum absolute atomic E-state index is 0.256. The molecule has 0 aliphatic heterocycles. The van der Waals surface area contributed by atoms with Crippen LogP contribution in [0.4, 0.5) is 0 Å². The van der Waals surface area contributed by atoms with E-state index >= 15 is 0 Å². The van der Waals surface area contributed by atoms with Gasteiger partial charge in [0.1, 0.15) is 0 Å². The number of rotatable bonds is 7. The SMILES string of the molecule is CCN(CC)S(=O)(=O)N(CC)C[C@H](C)C#N. The average molecular weight is 247 g/mol. The third kappa shape index (κ3) is 3.74. The maximum absolute atomic E-state index is 12.1. The van der Waals surface area contributed by atoms with Crippen LogP contribution in [0.1, 0.15) is 27.7 Å². The van der Waals surface area contributed by atoms with Crippen molar-refractivity contribution >= 4 is 10.2 Å². The Morgan fingerprint density at radius 2 is 1.56 bits per heavy atom. The Hall–Kier alpha value is -0.640. The lowest BCUT2D eigenvalue weighted by atomic mass is 10.2. The molecule has 0 fully saturated rings. The lowest BCUT2D eigenvalue weighted by Crippen LogP contribution is -2.45. The highest BCUT2D eigenvalue weighted by Crippen LogP contribution is 2.10. The predicted octanol–water partition coefficient (Wildman–Crippen LogP) is 1.05. The quantitative estimate of drug-likeness (QED) is 0.675. The van der Waals surface area contributed by atoms with E-state index < -0.39 is 10.2 Å². The minimum Gasteiger partial charge on any atom is -0.198 e. The molecule has 0 spiro atoms. The van der Waals surface area contributed by atoms with E-state index in [4.69, 9.17) is 5.26 Å². The monoisotopic (exact) mass is 247 g/mol. The van der Waals surface area contributed by atoms with E-state index in [1.54, 1.807) is 13.8 Å². The molecule has 0 aromatic rings. The van der Waals surface area contributed by atoms with Crippen molar-refractivity contribution in [3.63, 3.8) is 0 Å². The summed E-state index contributed by atoms with van der Waals surface area (Å²) in [5.41, 5.74) is 0. The van der Waals surface area contributed by atoms with Gasteiger partial charge in [0.05, 0.1) is 12.0 Å². The summed E-state index contributed by atoms with van der Waals surface area (Å²) in [6.45, 7) is 8.68. The normalized spacial score (nSPS) is 14.1. The lowest BCUT2D eigenvalue weighted by molar-refractivity contribution is 0.342. The van der Waals surface area contributed by atoms with Gasteiger partial charge in [0.2, 0.25) is 0 Å². The van der Waals surface area contributed by atoms with Crippen molar-refractivity contribution < 1.29 is 8.42 Å². The summed E-state index contributed by atoms with van der Waals surface area (Å²) >= 11 is 0. The van der Waals surface area contributed by atoms with E-state index in [1.807, 2.05) is 13.8 Å². The molecule has 0 bridgehead atoms. The summed E-state index contributed by atoms with van der Waals surface area (Å²) in [5.74, 6) is -0.287. The van der Waals surface area contributed by atoms with Crippen LogP contribution in [0.5, 0.6) is 0 Å². The molecule has 0 aromatic carbocycles. The van der Waals surface area contributed by atoms with Crippen molar-refractivity contribution in [3.05, 3.63) is 0 Å². The highest BCUT2D eigenvalue weighted by atomic mass is 32.2. The molecule has 0 saturated carbocycles. The van der Waals surface area contributed by atoms with Gasteiger partial charge in [-0.3, -0.25) is 0 Å². The molecule has 0 aromatic heterocycles. The Bertz CT molecular complexity index is 330. The molecule has 94 valence electrons. The molecule has 0 saturated heterocycles. The van der Waals surface area contributed by atoms with Gasteiger partial charge < -0.3 is 0 Å². The third-order valence-corrected chi connectivity index (χ3v) is 4.64. The van der Waals surface area contributed by atoms with Gasteiger partial charge in [0.25, 0.3) is 10.2 Å². The van der Waals surface area contributed by atoms with Crippen LogP contribution < -0.4 is 0 Å². The van der Waals surface area contributed by atoms with Crippen molar-refractivity contribution in [3.8, 4) is 6.07 Å². The summed E-state index contributed by atoms with van der Waals surface area (Å²) in [7, 11) is -3.40. The predicted molar refractivity (Wildman–Crippen MR) is 63.9 cm³/mol. The van der Waals surface area contributed by atoms with Gasteiger partial charge in [-0.2, -0.15) is 22.3 Å². The molecule has 5 nitrogen and oxygen atoms in total.